The molecule has 0 aromatic heterocycles. The Hall–Kier alpha value is -1.31. The molecule has 16 heavy (non-hydrogen) atoms. The molecule has 0 radical (unpaired) electrons. The van der Waals surface area contributed by atoms with Crippen molar-refractivity contribution < 1.29 is 4.74 Å². The average molecular weight is 217 g/mol. The van der Waals surface area contributed by atoms with Gasteiger partial charge in [-0.2, -0.15) is 0 Å². The molecular weight excluding hydrogens is 198 g/mol. The maximum absolute atomic E-state index is 5.21. The van der Waals surface area contributed by atoms with Gasteiger partial charge >= 0.3 is 0 Å². The minimum absolute atomic E-state index is 0.230. The SMILES string of the molecule is COc1ccc2c(c1)C=NC(C(C)(C)C)C2. The molecule has 86 valence electrons. The molecule has 1 atom stereocenters. The Kier molecular flexibility index (Phi) is 2.75. The van der Waals surface area contributed by atoms with Crippen LogP contribution >= 0.6 is 0 Å². The predicted octanol–water partition coefficient (Wildman–Crippen LogP) is 3.08. The Morgan fingerprint density at radius 1 is 1.31 bits per heavy atom. The maximum atomic E-state index is 5.21. The lowest BCUT2D eigenvalue weighted by Gasteiger charge is -2.30. The van der Waals surface area contributed by atoms with Gasteiger partial charge in [0.1, 0.15) is 5.75 Å². The molecule has 0 spiro atoms. The Morgan fingerprint density at radius 3 is 2.69 bits per heavy atom. The first kappa shape index (κ1) is 11.2. The third-order valence-corrected chi connectivity index (χ3v) is 3.16. The van der Waals surface area contributed by atoms with Gasteiger partial charge in [0.2, 0.25) is 0 Å². The van der Waals surface area contributed by atoms with E-state index in [9.17, 15) is 0 Å². The number of ether oxygens (including phenoxy) is 1. The average Bonchev–Trinajstić information content (AvgIpc) is 2.26. The molecule has 1 aromatic carbocycles. The van der Waals surface area contributed by atoms with Crippen LogP contribution in [0.1, 0.15) is 31.9 Å². The molecule has 0 fully saturated rings. The molecule has 0 N–H and O–H groups in total. The highest BCUT2D eigenvalue weighted by Crippen LogP contribution is 2.30. The topological polar surface area (TPSA) is 21.6 Å². The number of rotatable bonds is 1. The lowest BCUT2D eigenvalue weighted by atomic mass is 9.81. The molecule has 1 heterocycles. The smallest absolute Gasteiger partial charge is 0.119 e. The van der Waals surface area contributed by atoms with Crippen molar-refractivity contribution in [2.24, 2.45) is 10.4 Å². The number of methoxy groups -OCH3 is 1. The zero-order valence-corrected chi connectivity index (χ0v) is 10.4. The van der Waals surface area contributed by atoms with Crippen molar-refractivity contribution in [2.75, 3.05) is 7.11 Å². The summed E-state index contributed by atoms with van der Waals surface area (Å²) in [5.74, 6) is 0.902. The summed E-state index contributed by atoms with van der Waals surface area (Å²) in [4.78, 5) is 4.64. The normalized spacial score (nSPS) is 19.4. The van der Waals surface area contributed by atoms with Crippen molar-refractivity contribution in [3.63, 3.8) is 0 Å². The Balaban J connectivity index is 2.30. The van der Waals surface area contributed by atoms with E-state index < -0.39 is 0 Å². The summed E-state index contributed by atoms with van der Waals surface area (Å²) in [7, 11) is 1.69. The minimum atomic E-state index is 0.230. The van der Waals surface area contributed by atoms with E-state index in [0.29, 0.717) is 6.04 Å². The molecule has 0 amide bonds. The van der Waals surface area contributed by atoms with Crippen LogP contribution in [0, 0.1) is 5.41 Å². The molecule has 1 unspecified atom stereocenters. The van der Waals surface area contributed by atoms with Crippen LogP contribution < -0.4 is 4.74 Å². The van der Waals surface area contributed by atoms with E-state index in [-0.39, 0.29) is 5.41 Å². The van der Waals surface area contributed by atoms with Crippen LogP contribution in [0.2, 0.25) is 0 Å². The van der Waals surface area contributed by atoms with Crippen LogP contribution in [-0.2, 0) is 6.42 Å². The number of hydrogen-bond acceptors (Lipinski definition) is 2. The Morgan fingerprint density at radius 2 is 2.06 bits per heavy atom. The monoisotopic (exact) mass is 217 g/mol. The van der Waals surface area contributed by atoms with Crippen molar-refractivity contribution in [2.45, 2.75) is 33.2 Å². The number of hydrogen-bond donors (Lipinski definition) is 0. The number of aliphatic imine (C=N–C) groups is 1. The second-order valence-electron chi connectivity index (χ2n) is 5.43. The van der Waals surface area contributed by atoms with Gasteiger partial charge in [-0.3, -0.25) is 4.99 Å². The quantitative estimate of drug-likeness (QED) is 0.708. The molecule has 2 nitrogen and oxygen atoms in total. The molecule has 0 bridgehead atoms. The number of nitrogens with zero attached hydrogens (tertiary/aromatic N) is 1. The van der Waals surface area contributed by atoms with Crippen molar-refractivity contribution in [1.29, 1.82) is 0 Å². The molecular formula is C14H19NO. The molecule has 1 aliphatic heterocycles. The number of fused-ring (bicyclic) bond motifs is 1. The van der Waals surface area contributed by atoms with Gasteiger partial charge in [-0.25, -0.2) is 0 Å². The molecule has 1 aliphatic rings. The second-order valence-corrected chi connectivity index (χ2v) is 5.43. The minimum Gasteiger partial charge on any atom is -0.497 e. The highest BCUT2D eigenvalue weighted by Gasteiger charge is 2.26. The first-order chi connectivity index (χ1) is 7.50. The molecule has 0 saturated heterocycles. The molecule has 1 aromatic rings. The van der Waals surface area contributed by atoms with E-state index in [1.54, 1.807) is 7.11 Å². The highest BCUT2D eigenvalue weighted by molar-refractivity contribution is 5.83. The van der Waals surface area contributed by atoms with E-state index in [0.717, 1.165) is 12.2 Å². The van der Waals surface area contributed by atoms with E-state index in [1.807, 2.05) is 12.3 Å². The molecule has 0 aliphatic carbocycles. The summed E-state index contributed by atoms with van der Waals surface area (Å²) in [6.07, 6.45) is 3.01. The number of benzene rings is 1. The van der Waals surface area contributed by atoms with Crippen LogP contribution in [0.25, 0.3) is 0 Å². The van der Waals surface area contributed by atoms with E-state index >= 15 is 0 Å². The van der Waals surface area contributed by atoms with Crippen molar-refractivity contribution in [1.82, 2.24) is 0 Å². The fourth-order valence-corrected chi connectivity index (χ4v) is 1.97. The van der Waals surface area contributed by atoms with Gasteiger partial charge in [0.25, 0.3) is 0 Å². The van der Waals surface area contributed by atoms with Crippen molar-refractivity contribution in [3.8, 4) is 5.75 Å². The van der Waals surface area contributed by atoms with Crippen LogP contribution in [-0.4, -0.2) is 19.4 Å². The first-order valence-corrected chi connectivity index (χ1v) is 5.71. The van der Waals surface area contributed by atoms with E-state index in [1.165, 1.54) is 11.1 Å². The molecule has 0 saturated carbocycles. The Labute approximate surface area is 97.4 Å². The van der Waals surface area contributed by atoms with Gasteiger partial charge in [-0.05, 0) is 35.1 Å². The van der Waals surface area contributed by atoms with Crippen molar-refractivity contribution in [3.05, 3.63) is 29.3 Å². The highest BCUT2D eigenvalue weighted by atomic mass is 16.5. The second kappa shape index (κ2) is 3.93. The lowest BCUT2D eigenvalue weighted by molar-refractivity contribution is 0.319. The summed E-state index contributed by atoms with van der Waals surface area (Å²) >= 11 is 0. The summed E-state index contributed by atoms with van der Waals surface area (Å²) in [5, 5.41) is 0. The van der Waals surface area contributed by atoms with Crippen LogP contribution in [0.5, 0.6) is 5.75 Å². The van der Waals surface area contributed by atoms with Gasteiger partial charge in [0.15, 0.2) is 0 Å². The zero-order valence-electron chi connectivity index (χ0n) is 10.4. The summed E-state index contributed by atoms with van der Waals surface area (Å²) < 4.78 is 5.21. The van der Waals surface area contributed by atoms with Crippen molar-refractivity contribution >= 4 is 6.21 Å². The largest absolute Gasteiger partial charge is 0.497 e. The fourth-order valence-electron chi connectivity index (χ4n) is 1.97. The van der Waals surface area contributed by atoms with Crippen LogP contribution in [0.4, 0.5) is 0 Å². The van der Waals surface area contributed by atoms with E-state index in [4.69, 9.17) is 4.74 Å². The third kappa shape index (κ3) is 2.11. The summed E-state index contributed by atoms with van der Waals surface area (Å²) in [6.45, 7) is 6.72. The molecule has 2 heteroatoms. The Bertz CT molecular complexity index is 415. The van der Waals surface area contributed by atoms with Crippen LogP contribution in [0.15, 0.2) is 23.2 Å². The maximum Gasteiger partial charge on any atom is 0.119 e. The fraction of sp³-hybridized carbons (Fsp3) is 0.500. The van der Waals surface area contributed by atoms with E-state index in [2.05, 4.69) is 37.9 Å². The third-order valence-electron chi connectivity index (χ3n) is 3.16. The van der Waals surface area contributed by atoms with Gasteiger partial charge < -0.3 is 4.74 Å². The predicted molar refractivity (Wildman–Crippen MR) is 67.5 cm³/mol. The summed E-state index contributed by atoms with van der Waals surface area (Å²) in [6, 6.07) is 6.61. The van der Waals surface area contributed by atoms with Gasteiger partial charge in [0, 0.05) is 6.21 Å². The van der Waals surface area contributed by atoms with Gasteiger partial charge in [0.05, 0.1) is 13.2 Å². The lowest BCUT2D eigenvalue weighted by Crippen LogP contribution is -2.29. The van der Waals surface area contributed by atoms with Crippen LogP contribution in [0.3, 0.4) is 0 Å². The summed E-state index contributed by atoms with van der Waals surface area (Å²) in [5.41, 5.74) is 2.80. The molecule has 2 rings (SSSR count). The zero-order chi connectivity index (χ0) is 11.8. The first-order valence-electron chi connectivity index (χ1n) is 5.71. The standard InChI is InChI=1S/C14H19NO/c1-14(2,3)13-8-10-5-6-12(16-4)7-11(10)9-15-13/h5-7,9,13H,8H2,1-4H3. The van der Waals surface area contributed by atoms with Gasteiger partial charge in [-0.1, -0.05) is 26.8 Å². The van der Waals surface area contributed by atoms with Gasteiger partial charge in [-0.15, -0.1) is 0 Å².